The second-order valence-corrected chi connectivity index (χ2v) is 10.7. The first-order chi connectivity index (χ1) is 19.1. The quantitative estimate of drug-likeness (QED) is 0.326. The zero-order chi connectivity index (χ0) is 28.6. The summed E-state index contributed by atoms with van der Waals surface area (Å²) in [6.45, 7) is -1.46. The van der Waals surface area contributed by atoms with E-state index >= 15 is 4.39 Å². The molecule has 2 aliphatic rings. The highest BCUT2D eigenvalue weighted by Crippen LogP contribution is 2.49. The Hall–Kier alpha value is -4.00. The highest BCUT2D eigenvalue weighted by atomic mass is 19.1. The number of carboxylic acids is 1. The Balaban J connectivity index is 1.51. The predicted molar refractivity (Wildman–Crippen MR) is 149 cm³/mol. The molecule has 0 spiro atoms. The van der Waals surface area contributed by atoms with Crippen molar-refractivity contribution in [3.63, 3.8) is 0 Å². The highest BCUT2D eigenvalue weighted by Gasteiger charge is 2.44. The maximum absolute atomic E-state index is 15.6. The van der Waals surface area contributed by atoms with Gasteiger partial charge >= 0.3 is 5.97 Å². The number of fused-ring (bicyclic) bond motifs is 2. The topological polar surface area (TPSA) is 60.9 Å². The number of hydrogen-bond acceptors (Lipinski definition) is 3. The van der Waals surface area contributed by atoms with Gasteiger partial charge in [-0.2, -0.15) is 0 Å². The molecule has 4 atom stereocenters. The van der Waals surface area contributed by atoms with Crippen molar-refractivity contribution in [3.05, 3.63) is 89.5 Å². The number of amides is 1. The standard InChI is InChI=1S/C32H32F2N2O3/c1-35(2)27-10-8-22(9-11-27)23-6-7-25(30(34)17-23)19-36(32(39)29-16-20-3-5-24(29)13-20)28-15-21(4-12-31(37)38)14-26(33)18-28/h4,6-12,14-15,17-18,20,24,29H,3,5,13,16,19H2,1-2H3,(H,37,38)/b12-4+/t20-,24+,29+/m0/s1/i19D/t19-,20+,24-,29-/m1. The third-order valence-corrected chi connectivity index (χ3v) is 7.88. The molecule has 0 aromatic heterocycles. The molecule has 0 heterocycles. The van der Waals surface area contributed by atoms with Crippen LogP contribution in [-0.2, 0) is 16.1 Å². The van der Waals surface area contributed by atoms with Crippen molar-refractivity contribution in [3.8, 4) is 11.1 Å². The van der Waals surface area contributed by atoms with Gasteiger partial charge in [-0.25, -0.2) is 13.6 Å². The fraction of sp³-hybridized carbons (Fsp3) is 0.312. The summed E-state index contributed by atoms with van der Waals surface area (Å²) in [5, 5.41) is 9.01. The molecule has 5 rings (SSSR count). The minimum Gasteiger partial charge on any atom is -0.478 e. The van der Waals surface area contributed by atoms with Crippen molar-refractivity contribution in [1.82, 2.24) is 0 Å². The summed E-state index contributed by atoms with van der Waals surface area (Å²) in [6, 6.07) is 16.0. The molecule has 0 saturated heterocycles. The number of carbonyl (C=O) groups is 2. The number of benzene rings is 3. The molecular formula is C32H32F2N2O3. The molecule has 2 fully saturated rings. The van der Waals surface area contributed by atoms with Gasteiger partial charge in [-0.1, -0.05) is 30.7 Å². The average molecular weight is 532 g/mol. The molecule has 39 heavy (non-hydrogen) atoms. The number of hydrogen-bond donors (Lipinski definition) is 1. The molecule has 0 aliphatic heterocycles. The van der Waals surface area contributed by atoms with Crippen LogP contribution in [0.5, 0.6) is 0 Å². The Morgan fingerprint density at radius 2 is 1.72 bits per heavy atom. The van der Waals surface area contributed by atoms with Crippen molar-refractivity contribution in [2.45, 2.75) is 32.2 Å². The van der Waals surface area contributed by atoms with Crippen molar-refractivity contribution < 1.29 is 24.8 Å². The van der Waals surface area contributed by atoms with E-state index < -0.39 is 24.1 Å². The third-order valence-electron chi connectivity index (χ3n) is 7.88. The molecule has 2 aliphatic carbocycles. The number of anilines is 2. The predicted octanol–water partition coefficient (Wildman–Crippen LogP) is 6.77. The zero-order valence-corrected chi connectivity index (χ0v) is 22.0. The minimum absolute atomic E-state index is 0.00272. The maximum atomic E-state index is 15.6. The summed E-state index contributed by atoms with van der Waals surface area (Å²) >= 11 is 0. The van der Waals surface area contributed by atoms with E-state index in [1.54, 1.807) is 6.07 Å². The molecule has 202 valence electrons. The van der Waals surface area contributed by atoms with Crippen molar-refractivity contribution in [1.29, 1.82) is 0 Å². The highest BCUT2D eigenvalue weighted by molar-refractivity contribution is 5.96. The van der Waals surface area contributed by atoms with Crippen LogP contribution in [0.4, 0.5) is 20.2 Å². The molecule has 0 radical (unpaired) electrons. The van der Waals surface area contributed by atoms with Crippen molar-refractivity contribution >= 4 is 29.3 Å². The molecule has 0 unspecified atom stereocenters. The normalized spacial score (nSPS) is 21.1. The van der Waals surface area contributed by atoms with Gasteiger partial charge < -0.3 is 14.9 Å². The van der Waals surface area contributed by atoms with Gasteiger partial charge in [-0.05, 0) is 90.3 Å². The number of halogens is 2. The van der Waals surface area contributed by atoms with Crippen LogP contribution in [0.1, 0.15) is 38.2 Å². The lowest BCUT2D eigenvalue weighted by atomic mass is 9.87. The molecular weight excluding hydrogens is 498 g/mol. The van der Waals surface area contributed by atoms with Crippen LogP contribution in [0.3, 0.4) is 0 Å². The third kappa shape index (κ3) is 5.87. The fourth-order valence-corrected chi connectivity index (χ4v) is 5.89. The monoisotopic (exact) mass is 531 g/mol. The van der Waals surface area contributed by atoms with Gasteiger partial charge in [0.15, 0.2) is 0 Å². The molecule has 2 bridgehead atoms. The zero-order valence-electron chi connectivity index (χ0n) is 23.0. The SMILES string of the molecule is [2H][C@H](c1ccc(-c2ccc(N(C)C)cc2)cc1F)N(C(=O)[C@@H]1C[C@H]2CC[C@@H]1C2)c1cc(F)cc(/C=C/C(=O)O)c1. The second kappa shape index (κ2) is 11.0. The number of carbonyl (C=O) groups excluding carboxylic acids is 1. The molecule has 7 heteroatoms. The van der Waals surface area contributed by atoms with E-state index in [9.17, 15) is 14.0 Å². The summed E-state index contributed by atoms with van der Waals surface area (Å²) < 4.78 is 39.4. The Morgan fingerprint density at radius 1 is 0.974 bits per heavy atom. The fourth-order valence-electron chi connectivity index (χ4n) is 5.89. The first kappa shape index (κ1) is 25.3. The van der Waals surface area contributed by atoms with Crippen LogP contribution in [0.25, 0.3) is 17.2 Å². The summed E-state index contributed by atoms with van der Waals surface area (Å²) in [7, 11) is 3.87. The average Bonchev–Trinajstić information content (AvgIpc) is 3.56. The molecule has 3 aromatic carbocycles. The van der Waals surface area contributed by atoms with E-state index in [0.29, 0.717) is 17.9 Å². The van der Waals surface area contributed by atoms with Gasteiger partial charge in [0, 0.05) is 43.0 Å². The largest absolute Gasteiger partial charge is 0.478 e. The first-order valence-corrected chi connectivity index (χ1v) is 13.1. The number of aliphatic carboxylic acids is 1. The van der Waals surface area contributed by atoms with E-state index in [-0.39, 0.29) is 34.6 Å². The minimum atomic E-state index is -1.46. The Bertz CT molecular complexity index is 1460. The van der Waals surface area contributed by atoms with Crippen LogP contribution in [0.15, 0.2) is 66.7 Å². The van der Waals surface area contributed by atoms with E-state index in [4.69, 9.17) is 6.48 Å². The molecule has 1 amide bonds. The Labute approximate surface area is 228 Å². The smallest absolute Gasteiger partial charge is 0.328 e. The van der Waals surface area contributed by atoms with Crippen molar-refractivity contribution in [2.75, 3.05) is 23.9 Å². The van der Waals surface area contributed by atoms with Crippen LogP contribution in [-0.4, -0.2) is 31.1 Å². The van der Waals surface area contributed by atoms with Gasteiger partial charge in [0.25, 0.3) is 0 Å². The summed E-state index contributed by atoms with van der Waals surface area (Å²) in [4.78, 5) is 28.1. The summed E-state index contributed by atoms with van der Waals surface area (Å²) in [5.41, 5.74) is 2.78. The van der Waals surface area contributed by atoms with Gasteiger partial charge in [-0.3, -0.25) is 4.79 Å². The van der Waals surface area contributed by atoms with E-state index in [1.807, 2.05) is 43.3 Å². The molecule has 3 aromatic rings. The summed E-state index contributed by atoms with van der Waals surface area (Å²) in [5.74, 6) is -2.50. The van der Waals surface area contributed by atoms with Crippen LogP contribution >= 0.6 is 0 Å². The lowest BCUT2D eigenvalue weighted by Crippen LogP contribution is -2.38. The van der Waals surface area contributed by atoms with Gasteiger partial charge in [-0.15, -0.1) is 0 Å². The van der Waals surface area contributed by atoms with Gasteiger partial charge in [0.2, 0.25) is 5.91 Å². The van der Waals surface area contributed by atoms with Gasteiger partial charge in [0.1, 0.15) is 11.6 Å². The van der Waals surface area contributed by atoms with E-state index in [0.717, 1.165) is 48.7 Å². The van der Waals surface area contributed by atoms with Gasteiger partial charge in [0.05, 0.1) is 7.89 Å². The second-order valence-electron chi connectivity index (χ2n) is 10.7. The molecule has 5 nitrogen and oxygen atoms in total. The number of nitrogens with zero attached hydrogens (tertiary/aromatic N) is 2. The Morgan fingerprint density at radius 3 is 2.33 bits per heavy atom. The maximum Gasteiger partial charge on any atom is 0.328 e. The van der Waals surface area contributed by atoms with Crippen LogP contribution in [0.2, 0.25) is 0 Å². The first-order valence-electron chi connectivity index (χ1n) is 13.7. The molecule has 2 saturated carbocycles. The van der Waals surface area contributed by atoms with Crippen molar-refractivity contribution in [2.24, 2.45) is 17.8 Å². The van der Waals surface area contributed by atoms with E-state index in [1.165, 1.54) is 29.2 Å². The Kier molecular flexibility index (Phi) is 7.14. The lowest BCUT2D eigenvalue weighted by molar-refractivity contribution is -0.131. The van der Waals surface area contributed by atoms with Crippen LogP contribution in [0, 0.1) is 29.4 Å². The summed E-state index contributed by atoms with van der Waals surface area (Å²) in [6.07, 6.45) is 5.78. The van der Waals surface area contributed by atoms with E-state index in [2.05, 4.69) is 0 Å². The lowest BCUT2D eigenvalue weighted by Gasteiger charge is -2.30. The van der Waals surface area contributed by atoms with Crippen LogP contribution < -0.4 is 9.80 Å². The number of carboxylic acid groups (broad SMARTS) is 1. The molecule has 1 N–H and O–H groups in total. The number of rotatable bonds is 8.